The highest BCUT2D eigenvalue weighted by molar-refractivity contribution is 5.98. The van der Waals surface area contributed by atoms with E-state index in [1.807, 2.05) is 37.3 Å². The summed E-state index contributed by atoms with van der Waals surface area (Å²) in [5.41, 5.74) is 1.59. The maximum Gasteiger partial charge on any atom is 0.233 e. The van der Waals surface area contributed by atoms with Crippen LogP contribution in [-0.2, 0) is 12.8 Å². The Balaban J connectivity index is 1.52. The number of benzene rings is 1. The van der Waals surface area contributed by atoms with Crippen LogP contribution in [0.25, 0.3) is 0 Å². The van der Waals surface area contributed by atoms with E-state index in [-0.39, 0.29) is 5.78 Å². The van der Waals surface area contributed by atoms with Gasteiger partial charge >= 0.3 is 0 Å². The Labute approximate surface area is 157 Å². The van der Waals surface area contributed by atoms with Gasteiger partial charge in [-0.25, -0.2) is 4.98 Å². The summed E-state index contributed by atoms with van der Waals surface area (Å²) in [6.07, 6.45) is 2.70. The van der Waals surface area contributed by atoms with Crippen molar-refractivity contribution in [2.45, 2.75) is 19.8 Å². The first-order chi connectivity index (χ1) is 13.2. The predicted octanol–water partition coefficient (Wildman–Crippen LogP) is 2.82. The molecule has 0 atom stereocenters. The first kappa shape index (κ1) is 17.1. The maximum absolute atomic E-state index is 12.6. The zero-order valence-corrected chi connectivity index (χ0v) is 15.1. The summed E-state index contributed by atoms with van der Waals surface area (Å²) < 4.78 is 0. The number of ketones is 1. The molecule has 1 saturated heterocycles. The Morgan fingerprint density at radius 3 is 2.67 bits per heavy atom. The topological polar surface area (TPSA) is 83.7 Å². The number of anilines is 3. The smallest absolute Gasteiger partial charge is 0.233 e. The Morgan fingerprint density at radius 2 is 1.93 bits per heavy atom. The molecule has 1 N–H and O–H groups in total. The number of nitrogens with zero attached hydrogens (tertiary/aromatic N) is 5. The number of hydrogen-bond acceptors (Lipinski definition) is 7. The van der Waals surface area contributed by atoms with E-state index < -0.39 is 0 Å². The highest BCUT2D eigenvalue weighted by Crippen LogP contribution is 2.20. The highest BCUT2D eigenvalue weighted by Gasteiger charge is 2.22. The van der Waals surface area contributed by atoms with Gasteiger partial charge in [-0.15, -0.1) is 0 Å². The zero-order chi connectivity index (χ0) is 18.6. The molecule has 0 bridgehead atoms. The Bertz CT molecular complexity index is 956. The van der Waals surface area contributed by atoms with E-state index in [2.05, 4.69) is 30.2 Å². The molecule has 1 aliphatic rings. The van der Waals surface area contributed by atoms with E-state index in [0.29, 0.717) is 29.7 Å². The van der Waals surface area contributed by atoms with Gasteiger partial charge in [0.1, 0.15) is 11.6 Å². The van der Waals surface area contributed by atoms with Crippen molar-refractivity contribution in [1.29, 1.82) is 0 Å². The fraction of sp³-hybridized carbons (Fsp3) is 0.250. The third kappa shape index (κ3) is 4.25. The lowest BCUT2D eigenvalue weighted by Gasteiger charge is -2.09. The molecule has 0 radical (unpaired) electrons. The van der Waals surface area contributed by atoms with Crippen LogP contribution in [0.15, 0.2) is 48.7 Å². The van der Waals surface area contributed by atoms with Gasteiger partial charge in [-0.2, -0.15) is 15.0 Å². The van der Waals surface area contributed by atoms with Gasteiger partial charge in [0.05, 0.1) is 0 Å². The van der Waals surface area contributed by atoms with Crippen molar-refractivity contribution in [2.24, 2.45) is 0 Å². The van der Waals surface area contributed by atoms with Crippen LogP contribution in [-0.4, -0.2) is 38.8 Å². The minimum atomic E-state index is 0.0429. The molecule has 0 aliphatic carbocycles. The summed E-state index contributed by atoms with van der Waals surface area (Å²) in [7, 11) is 0. The number of rotatable bonds is 7. The number of pyridine rings is 1. The molecule has 1 aliphatic heterocycles. The average Bonchev–Trinajstić information content (AvgIpc) is 3.54. The number of Topliss-reactive ketones (excluding diaryl/α,β-unsaturated/α-hetero) is 1. The Hall–Kier alpha value is -3.35. The molecule has 0 unspecified atom stereocenters. The Kier molecular flexibility index (Phi) is 4.74. The largest absolute Gasteiger partial charge is 0.337 e. The third-order valence-corrected chi connectivity index (χ3v) is 4.25. The van der Waals surface area contributed by atoms with E-state index in [9.17, 15) is 4.79 Å². The first-order valence-corrected chi connectivity index (χ1v) is 9.01. The van der Waals surface area contributed by atoms with Crippen LogP contribution in [0.4, 0.5) is 17.7 Å². The van der Waals surface area contributed by atoms with Crippen molar-refractivity contribution in [3.63, 3.8) is 0 Å². The number of carbonyl (C=O) groups is 1. The van der Waals surface area contributed by atoms with Crippen LogP contribution < -0.4 is 10.2 Å². The van der Waals surface area contributed by atoms with Crippen molar-refractivity contribution in [2.75, 3.05) is 23.3 Å². The summed E-state index contributed by atoms with van der Waals surface area (Å²) in [6.45, 7) is 3.94. The van der Waals surface area contributed by atoms with Gasteiger partial charge in [-0.1, -0.05) is 37.3 Å². The van der Waals surface area contributed by atoms with Crippen LogP contribution in [0.1, 0.15) is 28.7 Å². The van der Waals surface area contributed by atoms with Crippen molar-refractivity contribution in [1.82, 2.24) is 19.9 Å². The second-order valence-electron chi connectivity index (χ2n) is 6.36. The number of hydrogen-bond donors (Lipinski definition) is 1. The molecule has 3 heterocycles. The van der Waals surface area contributed by atoms with Gasteiger partial charge in [0.2, 0.25) is 11.9 Å². The molecule has 7 nitrogen and oxygen atoms in total. The number of aromatic nitrogens is 4. The van der Waals surface area contributed by atoms with Gasteiger partial charge in [-0.05, 0) is 17.7 Å². The van der Waals surface area contributed by atoms with E-state index in [1.54, 1.807) is 18.3 Å². The van der Waals surface area contributed by atoms with E-state index in [1.165, 1.54) is 0 Å². The molecule has 0 amide bonds. The lowest BCUT2D eigenvalue weighted by atomic mass is 10.0. The number of aryl methyl sites for hydroxylation is 1. The third-order valence-electron chi connectivity index (χ3n) is 4.25. The molecular formula is C20H20N6O. The predicted molar refractivity (Wildman–Crippen MR) is 103 cm³/mol. The van der Waals surface area contributed by atoms with Crippen molar-refractivity contribution >= 4 is 23.5 Å². The second-order valence-corrected chi connectivity index (χ2v) is 6.36. The molecule has 7 heteroatoms. The fourth-order valence-corrected chi connectivity index (χ4v) is 2.68. The summed E-state index contributed by atoms with van der Waals surface area (Å²) in [5.74, 6) is 2.44. The Morgan fingerprint density at radius 1 is 1.11 bits per heavy atom. The second kappa shape index (κ2) is 7.49. The average molecular weight is 360 g/mol. The standard InChI is InChI=1S/C20H20N6O/c1-2-17-22-19(25-20(24-17)26-10-11-26)23-18-13-15(8-9-21-18)16(27)12-14-6-4-3-5-7-14/h3-9,13H,2,10-12H2,1H3,(H,21,22,23,24,25). The van der Waals surface area contributed by atoms with Crippen molar-refractivity contribution in [3.8, 4) is 0 Å². The normalized spacial score (nSPS) is 12.7. The molecule has 0 saturated carbocycles. The van der Waals surface area contributed by atoms with E-state index >= 15 is 0 Å². The fourth-order valence-electron chi connectivity index (χ4n) is 2.68. The van der Waals surface area contributed by atoms with Crippen LogP contribution in [0, 0.1) is 0 Å². The molecule has 27 heavy (non-hydrogen) atoms. The molecule has 1 fully saturated rings. The van der Waals surface area contributed by atoms with Crippen molar-refractivity contribution in [3.05, 3.63) is 65.6 Å². The lowest BCUT2D eigenvalue weighted by Crippen LogP contribution is -2.09. The number of nitrogens with one attached hydrogen (secondary N) is 1. The van der Waals surface area contributed by atoms with Gasteiger partial charge < -0.3 is 10.2 Å². The number of carbonyl (C=O) groups excluding carboxylic acids is 1. The molecule has 4 rings (SSSR count). The van der Waals surface area contributed by atoms with Crippen LogP contribution >= 0.6 is 0 Å². The highest BCUT2D eigenvalue weighted by atomic mass is 16.1. The molecule has 0 spiro atoms. The summed E-state index contributed by atoms with van der Waals surface area (Å²) in [4.78, 5) is 32.2. The van der Waals surface area contributed by atoms with Gasteiger partial charge in [-0.3, -0.25) is 4.79 Å². The maximum atomic E-state index is 12.6. The van der Waals surface area contributed by atoms with Gasteiger partial charge in [0.15, 0.2) is 5.78 Å². The molecule has 136 valence electrons. The molecular weight excluding hydrogens is 340 g/mol. The van der Waals surface area contributed by atoms with E-state index in [0.717, 1.165) is 30.9 Å². The first-order valence-electron chi connectivity index (χ1n) is 9.01. The summed E-state index contributed by atoms with van der Waals surface area (Å²) >= 11 is 0. The van der Waals surface area contributed by atoms with Gasteiger partial charge in [0, 0.05) is 37.7 Å². The van der Waals surface area contributed by atoms with E-state index in [4.69, 9.17) is 0 Å². The minimum Gasteiger partial charge on any atom is -0.337 e. The minimum absolute atomic E-state index is 0.0429. The van der Waals surface area contributed by atoms with Crippen LogP contribution in [0.2, 0.25) is 0 Å². The molecule has 3 aromatic rings. The van der Waals surface area contributed by atoms with Crippen LogP contribution in [0.3, 0.4) is 0 Å². The van der Waals surface area contributed by atoms with Crippen molar-refractivity contribution < 1.29 is 4.79 Å². The van der Waals surface area contributed by atoms with Gasteiger partial charge in [0.25, 0.3) is 0 Å². The lowest BCUT2D eigenvalue weighted by molar-refractivity contribution is 0.0993. The van der Waals surface area contributed by atoms with Crippen LogP contribution in [0.5, 0.6) is 0 Å². The molecule has 2 aromatic heterocycles. The molecule has 1 aromatic carbocycles. The quantitative estimate of drug-likeness (QED) is 0.512. The monoisotopic (exact) mass is 360 g/mol. The SMILES string of the molecule is CCc1nc(Nc2cc(C(=O)Cc3ccccc3)ccn2)nc(N2CC2)n1. The zero-order valence-electron chi connectivity index (χ0n) is 15.1. The summed E-state index contributed by atoms with van der Waals surface area (Å²) in [6, 6.07) is 13.2. The summed E-state index contributed by atoms with van der Waals surface area (Å²) in [5, 5.41) is 3.11.